The predicted octanol–water partition coefficient (Wildman–Crippen LogP) is 3.10. The summed E-state index contributed by atoms with van der Waals surface area (Å²) in [5.41, 5.74) is 7.40. The number of para-hydroxylation sites is 2. The fourth-order valence-electron chi connectivity index (χ4n) is 2.97. The minimum atomic E-state index is -0.475. The molecule has 1 aliphatic heterocycles. The van der Waals surface area contributed by atoms with E-state index in [2.05, 4.69) is 4.90 Å². The summed E-state index contributed by atoms with van der Waals surface area (Å²) in [6.07, 6.45) is -0.242. The van der Waals surface area contributed by atoms with E-state index >= 15 is 0 Å². The van der Waals surface area contributed by atoms with Gasteiger partial charge in [0.05, 0.1) is 23.5 Å². The Labute approximate surface area is 133 Å². The summed E-state index contributed by atoms with van der Waals surface area (Å²) in [5, 5.41) is 0. The second-order valence-corrected chi connectivity index (χ2v) is 7.05. The number of hydrogen-bond acceptors (Lipinski definition) is 4. The van der Waals surface area contributed by atoms with Gasteiger partial charge in [-0.25, -0.2) is 4.79 Å². The van der Waals surface area contributed by atoms with Crippen LogP contribution in [0.2, 0.25) is 0 Å². The number of nitrogens with zero attached hydrogens (tertiary/aromatic N) is 2. The lowest BCUT2D eigenvalue weighted by atomic mass is 10.1. The highest BCUT2D eigenvalue weighted by atomic mass is 16.6. The number of carbonyl (C=O) groups excluding carboxylic acids is 1. The van der Waals surface area contributed by atoms with Crippen LogP contribution in [0.25, 0.3) is 0 Å². The molecular weight excluding hydrogens is 278 g/mol. The second-order valence-electron chi connectivity index (χ2n) is 7.05. The third kappa shape index (κ3) is 3.64. The third-order valence-electron chi connectivity index (χ3n) is 3.80. The molecule has 0 aliphatic carbocycles. The van der Waals surface area contributed by atoms with Gasteiger partial charge in [0.25, 0.3) is 0 Å². The van der Waals surface area contributed by atoms with Crippen molar-refractivity contribution in [1.29, 1.82) is 0 Å². The highest BCUT2D eigenvalue weighted by molar-refractivity contribution is 5.71. The molecule has 0 bridgehead atoms. The molecule has 1 fully saturated rings. The first kappa shape index (κ1) is 16.5. The SMILES string of the molecule is CC1CN(c2ccccc2N)CC(C)N1C(=O)OC(C)(C)C. The van der Waals surface area contributed by atoms with Gasteiger partial charge >= 0.3 is 6.09 Å². The maximum atomic E-state index is 12.4. The van der Waals surface area contributed by atoms with Gasteiger partial charge in [0, 0.05) is 13.1 Å². The predicted molar refractivity (Wildman–Crippen MR) is 90.1 cm³/mol. The first-order valence-corrected chi connectivity index (χ1v) is 7.80. The van der Waals surface area contributed by atoms with E-state index < -0.39 is 5.60 Å². The van der Waals surface area contributed by atoms with Crippen LogP contribution in [0.4, 0.5) is 16.2 Å². The fraction of sp³-hybridized carbons (Fsp3) is 0.588. The fourth-order valence-corrected chi connectivity index (χ4v) is 2.97. The van der Waals surface area contributed by atoms with Crippen molar-refractivity contribution in [2.75, 3.05) is 23.7 Å². The van der Waals surface area contributed by atoms with Gasteiger partial charge in [-0.2, -0.15) is 0 Å². The number of anilines is 2. The smallest absolute Gasteiger partial charge is 0.410 e. The molecule has 2 rings (SSSR count). The van der Waals surface area contributed by atoms with Crippen LogP contribution in [0.5, 0.6) is 0 Å². The van der Waals surface area contributed by atoms with Crippen molar-refractivity contribution in [2.24, 2.45) is 0 Å². The summed E-state index contributed by atoms with van der Waals surface area (Å²) in [6, 6.07) is 7.99. The molecule has 1 aromatic rings. The van der Waals surface area contributed by atoms with Crippen molar-refractivity contribution < 1.29 is 9.53 Å². The number of benzene rings is 1. The normalized spacial score (nSPS) is 22.6. The van der Waals surface area contributed by atoms with Crippen LogP contribution in [-0.4, -0.2) is 41.8 Å². The van der Waals surface area contributed by atoms with E-state index in [4.69, 9.17) is 10.5 Å². The Balaban J connectivity index is 2.12. The van der Waals surface area contributed by atoms with Gasteiger partial charge in [-0.05, 0) is 46.8 Å². The van der Waals surface area contributed by atoms with Gasteiger partial charge in [0.1, 0.15) is 5.60 Å². The van der Waals surface area contributed by atoms with Gasteiger partial charge in [-0.15, -0.1) is 0 Å². The summed E-state index contributed by atoms with van der Waals surface area (Å²) in [7, 11) is 0. The van der Waals surface area contributed by atoms with Crippen LogP contribution in [-0.2, 0) is 4.74 Å². The Hall–Kier alpha value is -1.91. The Morgan fingerprint density at radius 1 is 1.18 bits per heavy atom. The lowest BCUT2D eigenvalue weighted by molar-refractivity contribution is 0.00568. The van der Waals surface area contributed by atoms with Crippen LogP contribution < -0.4 is 10.6 Å². The largest absolute Gasteiger partial charge is 0.444 e. The topological polar surface area (TPSA) is 58.8 Å². The average molecular weight is 305 g/mol. The Morgan fingerprint density at radius 3 is 2.23 bits per heavy atom. The van der Waals surface area contributed by atoms with E-state index in [0.717, 1.165) is 24.5 Å². The molecule has 0 radical (unpaired) electrons. The first-order chi connectivity index (χ1) is 10.2. The average Bonchev–Trinajstić information content (AvgIpc) is 2.36. The maximum Gasteiger partial charge on any atom is 0.410 e. The molecule has 2 N–H and O–H groups in total. The van der Waals surface area contributed by atoms with Crippen molar-refractivity contribution in [3.8, 4) is 0 Å². The minimum absolute atomic E-state index is 0.0678. The molecule has 0 spiro atoms. The Morgan fingerprint density at radius 2 is 1.73 bits per heavy atom. The molecule has 5 heteroatoms. The standard InChI is InChI=1S/C17H27N3O2/c1-12-10-19(15-9-7-6-8-14(15)18)11-13(2)20(12)16(21)22-17(3,4)5/h6-9,12-13H,10-11,18H2,1-5H3. The molecule has 1 amide bonds. The number of hydrogen-bond donors (Lipinski definition) is 1. The zero-order valence-corrected chi connectivity index (χ0v) is 14.2. The molecule has 1 heterocycles. The molecule has 2 unspecified atom stereocenters. The zero-order valence-electron chi connectivity index (χ0n) is 14.2. The number of amides is 1. The van der Waals surface area contributed by atoms with Gasteiger partial charge in [0.15, 0.2) is 0 Å². The monoisotopic (exact) mass is 305 g/mol. The molecule has 1 aliphatic rings. The van der Waals surface area contributed by atoms with E-state index in [1.807, 2.05) is 63.8 Å². The van der Waals surface area contributed by atoms with Crippen molar-refractivity contribution in [2.45, 2.75) is 52.3 Å². The van der Waals surface area contributed by atoms with Crippen molar-refractivity contribution in [3.63, 3.8) is 0 Å². The quantitative estimate of drug-likeness (QED) is 0.810. The molecule has 1 saturated heterocycles. The molecular formula is C17H27N3O2. The number of nitrogens with two attached hydrogens (primary N) is 1. The van der Waals surface area contributed by atoms with Crippen LogP contribution in [0.15, 0.2) is 24.3 Å². The first-order valence-electron chi connectivity index (χ1n) is 7.80. The summed E-state index contributed by atoms with van der Waals surface area (Å²) >= 11 is 0. The van der Waals surface area contributed by atoms with E-state index in [1.165, 1.54) is 0 Å². The second kappa shape index (κ2) is 6.07. The van der Waals surface area contributed by atoms with Crippen LogP contribution in [0.3, 0.4) is 0 Å². The van der Waals surface area contributed by atoms with Crippen LogP contribution >= 0.6 is 0 Å². The van der Waals surface area contributed by atoms with Crippen molar-refractivity contribution in [1.82, 2.24) is 4.90 Å². The lowest BCUT2D eigenvalue weighted by Crippen LogP contribution is -2.59. The molecule has 5 nitrogen and oxygen atoms in total. The summed E-state index contributed by atoms with van der Waals surface area (Å²) < 4.78 is 5.53. The molecule has 1 aromatic carbocycles. The van der Waals surface area contributed by atoms with E-state index in [9.17, 15) is 4.79 Å². The zero-order chi connectivity index (χ0) is 16.5. The number of carbonyl (C=O) groups is 1. The molecule has 22 heavy (non-hydrogen) atoms. The van der Waals surface area contributed by atoms with Crippen LogP contribution in [0, 0.1) is 0 Å². The molecule has 122 valence electrons. The Bertz CT molecular complexity index is 527. The highest BCUT2D eigenvalue weighted by Crippen LogP contribution is 2.28. The third-order valence-corrected chi connectivity index (χ3v) is 3.80. The van der Waals surface area contributed by atoms with Gasteiger partial charge in [-0.3, -0.25) is 4.90 Å². The number of piperazine rings is 1. The highest BCUT2D eigenvalue weighted by Gasteiger charge is 2.35. The van der Waals surface area contributed by atoms with Crippen LogP contribution in [0.1, 0.15) is 34.6 Å². The number of rotatable bonds is 1. The van der Waals surface area contributed by atoms with Crippen molar-refractivity contribution >= 4 is 17.5 Å². The van der Waals surface area contributed by atoms with Gasteiger partial charge < -0.3 is 15.4 Å². The molecule has 0 aromatic heterocycles. The number of ether oxygens (including phenoxy) is 1. The molecule has 2 atom stereocenters. The minimum Gasteiger partial charge on any atom is -0.444 e. The van der Waals surface area contributed by atoms with E-state index in [1.54, 1.807) is 0 Å². The molecule has 0 saturated carbocycles. The summed E-state index contributed by atoms with van der Waals surface area (Å²) in [6.45, 7) is 11.3. The van der Waals surface area contributed by atoms with E-state index in [0.29, 0.717) is 0 Å². The van der Waals surface area contributed by atoms with Crippen molar-refractivity contribution in [3.05, 3.63) is 24.3 Å². The van der Waals surface area contributed by atoms with E-state index in [-0.39, 0.29) is 18.2 Å². The number of nitrogen functional groups attached to an aromatic ring is 1. The summed E-state index contributed by atoms with van der Waals surface area (Å²) in [5.74, 6) is 0. The van der Waals surface area contributed by atoms with Gasteiger partial charge in [-0.1, -0.05) is 12.1 Å². The maximum absolute atomic E-state index is 12.4. The lowest BCUT2D eigenvalue weighted by Gasteiger charge is -2.45. The van der Waals surface area contributed by atoms with Gasteiger partial charge in [0.2, 0.25) is 0 Å². The Kier molecular flexibility index (Phi) is 4.54. The summed E-state index contributed by atoms with van der Waals surface area (Å²) in [4.78, 5) is 16.5.